The molecular weight excluding hydrogens is 214 g/mol. The second-order valence-electron chi connectivity index (χ2n) is 5.35. The van der Waals surface area contributed by atoms with E-state index in [9.17, 15) is 4.79 Å². The predicted molar refractivity (Wildman–Crippen MR) is 67.5 cm³/mol. The first-order chi connectivity index (χ1) is 7.99. The number of amides is 1. The van der Waals surface area contributed by atoms with Crippen LogP contribution in [0.2, 0.25) is 0 Å². The van der Waals surface area contributed by atoms with Gasteiger partial charge in [-0.05, 0) is 30.4 Å². The van der Waals surface area contributed by atoms with Gasteiger partial charge in [0.1, 0.15) is 11.5 Å². The lowest BCUT2D eigenvalue weighted by Gasteiger charge is -2.27. The molecule has 0 spiro atoms. The highest BCUT2D eigenvalue weighted by atomic mass is 16.1. The van der Waals surface area contributed by atoms with E-state index in [2.05, 4.69) is 24.1 Å². The maximum atomic E-state index is 12.0. The van der Waals surface area contributed by atoms with E-state index in [1.807, 2.05) is 0 Å². The van der Waals surface area contributed by atoms with Gasteiger partial charge in [0, 0.05) is 6.04 Å². The summed E-state index contributed by atoms with van der Waals surface area (Å²) in [5.41, 5.74) is 6.14. The molecule has 1 aromatic heterocycles. The number of nitrogens with zero attached hydrogens (tertiary/aromatic N) is 1. The number of nitrogens with one attached hydrogen (secondary N) is 1. The minimum Gasteiger partial charge on any atom is -0.384 e. The molecule has 4 nitrogen and oxygen atoms in total. The normalized spacial score (nSPS) is 22.4. The monoisotopic (exact) mass is 233 g/mol. The maximum absolute atomic E-state index is 12.0. The molecule has 0 aliphatic heterocycles. The van der Waals surface area contributed by atoms with Crippen LogP contribution in [-0.2, 0) is 0 Å². The smallest absolute Gasteiger partial charge is 0.270 e. The Morgan fingerprint density at radius 3 is 2.88 bits per heavy atom. The van der Waals surface area contributed by atoms with Crippen molar-refractivity contribution < 1.29 is 4.79 Å². The molecule has 2 rings (SSSR count). The van der Waals surface area contributed by atoms with Crippen molar-refractivity contribution in [1.82, 2.24) is 10.3 Å². The van der Waals surface area contributed by atoms with Crippen molar-refractivity contribution in [3.63, 3.8) is 0 Å². The minimum atomic E-state index is -0.128. The average molecular weight is 233 g/mol. The lowest BCUT2D eigenvalue weighted by Crippen LogP contribution is -2.41. The first-order valence-electron chi connectivity index (χ1n) is 6.02. The Kier molecular flexibility index (Phi) is 3.05. The molecule has 1 amide bonds. The summed E-state index contributed by atoms with van der Waals surface area (Å²) in [6.45, 7) is 4.38. The van der Waals surface area contributed by atoms with E-state index in [1.54, 1.807) is 18.2 Å². The number of rotatable bonds is 2. The highest BCUT2D eigenvalue weighted by molar-refractivity contribution is 5.92. The van der Waals surface area contributed by atoms with E-state index in [4.69, 9.17) is 5.73 Å². The van der Waals surface area contributed by atoms with E-state index in [0.29, 0.717) is 11.5 Å². The standard InChI is InChI=1S/C13H19N3O/c1-13(2)8-4-6-10(13)16-12(17)9-5-3-7-11(14)15-9/h3,5,7,10H,4,6,8H2,1-2H3,(H2,14,15)(H,16,17). The van der Waals surface area contributed by atoms with Crippen molar-refractivity contribution >= 4 is 11.7 Å². The Labute approximate surface area is 102 Å². The quantitative estimate of drug-likeness (QED) is 0.820. The SMILES string of the molecule is CC1(C)CCCC1NC(=O)c1cccc(N)n1. The highest BCUT2D eigenvalue weighted by Gasteiger charge is 2.35. The third kappa shape index (κ3) is 2.57. The molecule has 1 aliphatic rings. The van der Waals surface area contributed by atoms with Crippen molar-refractivity contribution in [2.75, 3.05) is 5.73 Å². The Hall–Kier alpha value is -1.58. The van der Waals surface area contributed by atoms with Crippen molar-refractivity contribution in [2.24, 2.45) is 5.41 Å². The molecule has 0 radical (unpaired) electrons. The Balaban J connectivity index is 2.07. The average Bonchev–Trinajstić information content (AvgIpc) is 2.58. The maximum Gasteiger partial charge on any atom is 0.270 e. The van der Waals surface area contributed by atoms with Crippen molar-refractivity contribution in [3.05, 3.63) is 23.9 Å². The second-order valence-corrected chi connectivity index (χ2v) is 5.35. The molecule has 1 fully saturated rings. The summed E-state index contributed by atoms with van der Waals surface area (Å²) in [7, 11) is 0. The molecule has 4 heteroatoms. The van der Waals surface area contributed by atoms with Gasteiger partial charge >= 0.3 is 0 Å². The van der Waals surface area contributed by atoms with Crippen LogP contribution in [0.25, 0.3) is 0 Å². The van der Waals surface area contributed by atoms with Crippen LogP contribution in [-0.4, -0.2) is 16.9 Å². The molecular formula is C13H19N3O. The van der Waals surface area contributed by atoms with Gasteiger partial charge in [0.05, 0.1) is 0 Å². The van der Waals surface area contributed by atoms with Gasteiger partial charge < -0.3 is 11.1 Å². The zero-order valence-corrected chi connectivity index (χ0v) is 10.4. The first-order valence-corrected chi connectivity index (χ1v) is 6.02. The number of pyridine rings is 1. The zero-order chi connectivity index (χ0) is 12.5. The molecule has 1 unspecified atom stereocenters. The Morgan fingerprint density at radius 1 is 1.53 bits per heavy atom. The van der Waals surface area contributed by atoms with Crippen molar-refractivity contribution in [2.45, 2.75) is 39.2 Å². The van der Waals surface area contributed by atoms with Gasteiger partial charge in [-0.25, -0.2) is 4.98 Å². The number of nitrogen functional groups attached to an aromatic ring is 1. The molecule has 0 bridgehead atoms. The van der Waals surface area contributed by atoms with Crippen LogP contribution in [0.3, 0.4) is 0 Å². The third-order valence-electron chi connectivity index (χ3n) is 3.57. The van der Waals surface area contributed by atoms with Gasteiger partial charge in [0.25, 0.3) is 5.91 Å². The summed E-state index contributed by atoms with van der Waals surface area (Å²) in [5, 5.41) is 3.06. The van der Waals surface area contributed by atoms with Crippen molar-refractivity contribution in [1.29, 1.82) is 0 Å². The summed E-state index contributed by atoms with van der Waals surface area (Å²) >= 11 is 0. The van der Waals surface area contributed by atoms with Crippen LogP contribution in [0.1, 0.15) is 43.6 Å². The van der Waals surface area contributed by atoms with Gasteiger partial charge in [0.15, 0.2) is 0 Å². The number of carbonyl (C=O) groups excluding carboxylic acids is 1. The fourth-order valence-electron chi connectivity index (χ4n) is 2.40. The van der Waals surface area contributed by atoms with E-state index >= 15 is 0 Å². The molecule has 1 heterocycles. The molecule has 1 saturated carbocycles. The largest absolute Gasteiger partial charge is 0.384 e. The van der Waals surface area contributed by atoms with E-state index in [-0.39, 0.29) is 17.4 Å². The van der Waals surface area contributed by atoms with Crippen LogP contribution in [0.15, 0.2) is 18.2 Å². The summed E-state index contributed by atoms with van der Waals surface area (Å²) in [6, 6.07) is 5.35. The summed E-state index contributed by atoms with van der Waals surface area (Å²) in [6.07, 6.45) is 3.37. The fraction of sp³-hybridized carbons (Fsp3) is 0.538. The number of hydrogen-bond donors (Lipinski definition) is 2. The molecule has 1 atom stereocenters. The van der Waals surface area contributed by atoms with Crippen LogP contribution >= 0.6 is 0 Å². The molecule has 3 N–H and O–H groups in total. The molecule has 1 aromatic rings. The summed E-state index contributed by atoms with van der Waals surface area (Å²) < 4.78 is 0. The second kappa shape index (κ2) is 4.35. The Morgan fingerprint density at radius 2 is 2.29 bits per heavy atom. The number of aromatic nitrogens is 1. The fourth-order valence-corrected chi connectivity index (χ4v) is 2.40. The zero-order valence-electron chi connectivity index (χ0n) is 10.4. The van der Waals surface area contributed by atoms with Crippen LogP contribution < -0.4 is 11.1 Å². The van der Waals surface area contributed by atoms with Gasteiger partial charge in [0.2, 0.25) is 0 Å². The molecule has 0 saturated heterocycles. The molecule has 0 aromatic carbocycles. The van der Waals surface area contributed by atoms with Gasteiger partial charge in [-0.1, -0.05) is 26.3 Å². The Bertz CT molecular complexity index is 428. The number of nitrogens with two attached hydrogens (primary N) is 1. The summed E-state index contributed by atoms with van der Waals surface area (Å²) in [4.78, 5) is 16.0. The van der Waals surface area contributed by atoms with Gasteiger partial charge in [-0.15, -0.1) is 0 Å². The van der Waals surface area contributed by atoms with Gasteiger partial charge in [-0.3, -0.25) is 4.79 Å². The number of hydrogen-bond acceptors (Lipinski definition) is 3. The third-order valence-corrected chi connectivity index (χ3v) is 3.57. The lowest BCUT2D eigenvalue weighted by molar-refractivity contribution is 0.0905. The minimum absolute atomic E-state index is 0.128. The van der Waals surface area contributed by atoms with Crippen LogP contribution in [0, 0.1) is 5.41 Å². The van der Waals surface area contributed by atoms with E-state index in [0.717, 1.165) is 12.8 Å². The number of anilines is 1. The van der Waals surface area contributed by atoms with Crippen LogP contribution in [0.5, 0.6) is 0 Å². The lowest BCUT2D eigenvalue weighted by atomic mass is 9.87. The van der Waals surface area contributed by atoms with E-state index in [1.165, 1.54) is 6.42 Å². The molecule has 17 heavy (non-hydrogen) atoms. The van der Waals surface area contributed by atoms with E-state index < -0.39 is 0 Å². The molecule has 1 aliphatic carbocycles. The number of carbonyl (C=O) groups is 1. The predicted octanol–water partition coefficient (Wildman–Crippen LogP) is 1.97. The van der Waals surface area contributed by atoms with Gasteiger partial charge in [-0.2, -0.15) is 0 Å². The highest BCUT2D eigenvalue weighted by Crippen LogP contribution is 2.37. The summed E-state index contributed by atoms with van der Waals surface area (Å²) in [5.74, 6) is 0.251. The van der Waals surface area contributed by atoms with Crippen LogP contribution in [0.4, 0.5) is 5.82 Å². The first kappa shape index (κ1) is 11.9. The topological polar surface area (TPSA) is 68.0 Å². The molecule has 92 valence electrons. The van der Waals surface area contributed by atoms with Crippen molar-refractivity contribution in [3.8, 4) is 0 Å².